The molecule has 9 nitrogen and oxygen atoms in total. The lowest BCUT2D eigenvalue weighted by Gasteiger charge is -2.46. The SMILES string of the molecule is CN[C@@H](C)C(=O)N[C@H](C(=O)N1CCN(C(=O)Oc2ccc(F)cc2)C[C@H]1C(=O)CC1CCC1[C@@H]1CCCc2ccccc21)C(C)C. The number of fused-ring (bicyclic) bond motifs is 1. The van der Waals surface area contributed by atoms with E-state index in [0.717, 1.165) is 32.1 Å². The first-order valence-electron chi connectivity index (χ1n) is 16.7. The highest BCUT2D eigenvalue weighted by Gasteiger charge is 2.45. The number of hydrogen-bond donors (Lipinski definition) is 2. The van der Waals surface area contributed by atoms with E-state index in [2.05, 4.69) is 34.9 Å². The number of likely N-dealkylation sites (N-methyl/N-ethyl adjacent to an activating group) is 1. The average molecular weight is 635 g/mol. The number of amides is 3. The molecule has 0 bridgehead atoms. The van der Waals surface area contributed by atoms with Gasteiger partial charge in [0.15, 0.2) is 5.78 Å². The van der Waals surface area contributed by atoms with Gasteiger partial charge in [0, 0.05) is 19.5 Å². The van der Waals surface area contributed by atoms with Crippen molar-refractivity contribution in [1.29, 1.82) is 0 Å². The number of nitrogens with zero attached hydrogens (tertiary/aromatic N) is 2. The van der Waals surface area contributed by atoms with Gasteiger partial charge in [-0.3, -0.25) is 14.4 Å². The summed E-state index contributed by atoms with van der Waals surface area (Å²) in [5, 5.41) is 5.78. The smallest absolute Gasteiger partial charge is 0.410 e. The molecule has 0 spiro atoms. The summed E-state index contributed by atoms with van der Waals surface area (Å²) in [7, 11) is 1.68. The standard InChI is InChI=1S/C36H47FN4O5/c1-22(2)33(39-34(43)23(3)38-4)35(44)41-19-18-40(36(45)46-27-15-13-26(37)14-16-27)21-31(41)32(42)20-25-12-17-29(25)30-11-7-9-24-8-5-6-10-28(24)30/h5-6,8,10,13-16,22-23,25,29-31,33,38H,7,9,11-12,17-21H2,1-4H3,(H,39,43)/t23-,25?,29?,30+,31-,33-/m0/s1. The highest BCUT2D eigenvalue weighted by molar-refractivity contribution is 5.94. The van der Waals surface area contributed by atoms with Gasteiger partial charge >= 0.3 is 6.09 Å². The molecule has 46 heavy (non-hydrogen) atoms. The number of carbonyl (C=O) groups excluding carboxylic acids is 4. The van der Waals surface area contributed by atoms with Crippen molar-refractivity contribution in [2.45, 2.75) is 83.3 Å². The largest absolute Gasteiger partial charge is 0.415 e. The Hall–Kier alpha value is -3.79. The molecule has 6 atom stereocenters. The Morgan fingerprint density at radius 2 is 1.72 bits per heavy atom. The number of carbonyl (C=O) groups is 4. The van der Waals surface area contributed by atoms with Crippen molar-refractivity contribution in [3.05, 3.63) is 65.5 Å². The van der Waals surface area contributed by atoms with Gasteiger partial charge in [-0.15, -0.1) is 0 Å². The van der Waals surface area contributed by atoms with Crippen LogP contribution < -0.4 is 15.4 Å². The maximum absolute atomic E-state index is 14.2. The van der Waals surface area contributed by atoms with E-state index in [1.807, 2.05) is 13.8 Å². The first-order valence-corrected chi connectivity index (χ1v) is 16.7. The summed E-state index contributed by atoms with van der Waals surface area (Å²) < 4.78 is 18.9. The number of ketones is 1. The number of hydrogen-bond acceptors (Lipinski definition) is 6. The molecule has 5 rings (SSSR count). The Morgan fingerprint density at radius 1 is 0.978 bits per heavy atom. The van der Waals surface area contributed by atoms with Crippen molar-refractivity contribution in [3.8, 4) is 5.75 Å². The number of nitrogens with one attached hydrogen (secondary N) is 2. The summed E-state index contributed by atoms with van der Waals surface area (Å²) in [6.07, 6.45) is 5.05. The van der Waals surface area contributed by atoms with Crippen LogP contribution in [-0.4, -0.2) is 78.3 Å². The Labute approximate surface area is 271 Å². The third-order valence-electron chi connectivity index (χ3n) is 10.2. The number of ether oxygens (including phenoxy) is 1. The molecule has 1 aliphatic heterocycles. The predicted molar refractivity (Wildman–Crippen MR) is 173 cm³/mol. The third kappa shape index (κ3) is 7.43. The minimum absolute atomic E-state index is 0.0140. The molecule has 2 unspecified atom stereocenters. The minimum Gasteiger partial charge on any atom is -0.410 e. The summed E-state index contributed by atoms with van der Waals surface area (Å²) in [5.74, 6) is -0.144. The number of halogens is 1. The van der Waals surface area contributed by atoms with Crippen molar-refractivity contribution in [3.63, 3.8) is 0 Å². The van der Waals surface area contributed by atoms with E-state index in [1.54, 1.807) is 18.9 Å². The van der Waals surface area contributed by atoms with E-state index < -0.39 is 30.0 Å². The zero-order chi connectivity index (χ0) is 33.0. The summed E-state index contributed by atoms with van der Waals surface area (Å²) in [4.78, 5) is 57.3. The summed E-state index contributed by atoms with van der Waals surface area (Å²) in [6, 6.07) is 11.6. The first-order chi connectivity index (χ1) is 22.1. The second-order valence-corrected chi connectivity index (χ2v) is 13.4. The lowest BCUT2D eigenvalue weighted by Crippen LogP contribution is -2.64. The van der Waals surface area contributed by atoms with Crippen LogP contribution >= 0.6 is 0 Å². The molecular formula is C36H47FN4O5. The summed E-state index contributed by atoms with van der Waals surface area (Å²) in [6.45, 7) is 5.71. The van der Waals surface area contributed by atoms with Crippen molar-refractivity contribution in [1.82, 2.24) is 20.4 Å². The van der Waals surface area contributed by atoms with Gasteiger partial charge < -0.3 is 25.2 Å². The highest BCUT2D eigenvalue weighted by atomic mass is 19.1. The van der Waals surface area contributed by atoms with E-state index >= 15 is 0 Å². The number of benzene rings is 2. The van der Waals surface area contributed by atoms with Crippen LogP contribution in [0.1, 0.15) is 69.9 Å². The van der Waals surface area contributed by atoms with Gasteiger partial charge in [0.2, 0.25) is 11.8 Å². The quantitative estimate of drug-likeness (QED) is 0.393. The molecule has 2 N–H and O–H groups in total. The van der Waals surface area contributed by atoms with Crippen LogP contribution in [0, 0.1) is 23.6 Å². The minimum atomic E-state index is -0.873. The number of aryl methyl sites for hydroxylation is 1. The molecule has 2 aliphatic carbocycles. The van der Waals surface area contributed by atoms with Crippen LogP contribution in [0.3, 0.4) is 0 Å². The van der Waals surface area contributed by atoms with Gasteiger partial charge in [-0.05, 0) is 105 Å². The number of piperazine rings is 1. The molecule has 2 aromatic carbocycles. The van der Waals surface area contributed by atoms with Crippen molar-refractivity contribution in [2.75, 3.05) is 26.7 Å². The fourth-order valence-corrected chi connectivity index (χ4v) is 7.27. The molecule has 1 heterocycles. The monoisotopic (exact) mass is 634 g/mol. The van der Waals surface area contributed by atoms with Gasteiger partial charge in [-0.25, -0.2) is 9.18 Å². The van der Waals surface area contributed by atoms with Gasteiger partial charge in [-0.2, -0.15) is 0 Å². The zero-order valence-electron chi connectivity index (χ0n) is 27.3. The van der Waals surface area contributed by atoms with Gasteiger partial charge in [0.25, 0.3) is 0 Å². The summed E-state index contributed by atoms with van der Waals surface area (Å²) in [5.41, 5.74) is 2.82. The zero-order valence-corrected chi connectivity index (χ0v) is 27.3. The Balaban J connectivity index is 1.34. The maximum atomic E-state index is 14.2. The Bertz CT molecular complexity index is 1420. The van der Waals surface area contributed by atoms with Crippen LogP contribution in [0.25, 0.3) is 0 Å². The van der Waals surface area contributed by atoms with E-state index in [4.69, 9.17) is 4.74 Å². The molecule has 2 fully saturated rings. The topological polar surface area (TPSA) is 108 Å². The van der Waals surface area contributed by atoms with Crippen LogP contribution in [-0.2, 0) is 20.8 Å². The lowest BCUT2D eigenvalue weighted by molar-refractivity contribution is -0.147. The van der Waals surface area contributed by atoms with E-state index in [1.165, 1.54) is 40.3 Å². The molecule has 1 saturated carbocycles. The molecule has 2 aromatic rings. The fraction of sp³-hybridized carbons (Fsp3) is 0.556. The normalized spacial score (nSPS) is 24.0. The number of Topliss-reactive ketones (excluding diaryl/α,β-unsaturated/α-hetero) is 1. The van der Waals surface area contributed by atoms with Crippen LogP contribution in [0.15, 0.2) is 48.5 Å². The Kier molecular flexibility index (Phi) is 10.8. The Morgan fingerprint density at radius 3 is 2.39 bits per heavy atom. The van der Waals surface area contributed by atoms with E-state index in [0.29, 0.717) is 18.3 Å². The van der Waals surface area contributed by atoms with E-state index in [-0.39, 0.29) is 54.8 Å². The molecule has 0 radical (unpaired) electrons. The van der Waals surface area contributed by atoms with Gasteiger partial charge in [0.1, 0.15) is 23.7 Å². The molecule has 10 heteroatoms. The second-order valence-electron chi connectivity index (χ2n) is 13.4. The van der Waals surface area contributed by atoms with Gasteiger partial charge in [-0.1, -0.05) is 38.1 Å². The van der Waals surface area contributed by atoms with Crippen molar-refractivity contribution < 1.29 is 28.3 Å². The third-order valence-corrected chi connectivity index (χ3v) is 10.2. The maximum Gasteiger partial charge on any atom is 0.415 e. The average Bonchev–Trinajstić information content (AvgIpc) is 3.05. The first kappa shape index (κ1) is 33.6. The van der Waals surface area contributed by atoms with Crippen LogP contribution in [0.4, 0.5) is 9.18 Å². The molecule has 248 valence electrons. The molecule has 3 amide bonds. The molecule has 1 saturated heterocycles. The van der Waals surface area contributed by atoms with Crippen molar-refractivity contribution >= 4 is 23.7 Å². The van der Waals surface area contributed by atoms with Crippen LogP contribution in [0.2, 0.25) is 0 Å². The molecular weight excluding hydrogens is 587 g/mol. The number of rotatable bonds is 10. The molecule has 0 aromatic heterocycles. The molecule has 3 aliphatic rings. The van der Waals surface area contributed by atoms with Gasteiger partial charge in [0.05, 0.1) is 12.6 Å². The second kappa shape index (κ2) is 14.8. The predicted octanol–water partition coefficient (Wildman–Crippen LogP) is 4.69. The van der Waals surface area contributed by atoms with Crippen molar-refractivity contribution in [2.24, 2.45) is 17.8 Å². The highest BCUT2D eigenvalue weighted by Crippen LogP contribution is 2.50. The summed E-state index contributed by atoms with van der Waals surface area (Å²) >= 11 is 0. The fourth-order valence-electron chi connectivity index (χ4n) is 7.27. The van der Waals surface area contributed by atoms with E-state index in [9.17, 15) is 23.6 Å². The lowest BCUT2D eigenvalue weighted by atomic mass is 9.60. The van der Waals surface area contributed by atoms with Crippen LogP contribution in [0.5, 0.6) is 5.75 Å².